The van der Waals surface area contributed by atoms with Crippen molar-refractivity contribution in [1.82, 2.24) is 14.6 Å². The van der Waals surface area contributed by atoms with Gasteiger partial charge in [0.25, 0.3) is 5.69 Å². The summed E-state index contributed by atoms with van der Waals surface area (Å²) >= 11 is 0. The molecule has 0 saturated carbocycles. The highest BCUT2D eigenvalue weighted by Gasteiger charge is 2.17. The molecule has 3 aromatic rings. The molecule has 10 nitrogen and oxygen atoms in total. The lowest BCUT2D eigenvalue weighted by molar-refractivity contribution is -0.385. The van der Waals surface area contributed by atoms with Crippen molar-refractivity contribution in [2.24, 2.45) is 0 Å². The fourth-order valence-electron chi connectivity index (χ4n) is 2.48. The van der Waals surface area contributed by atoms with Crippen LogP contribution in [0.3, 0.4) is 0 Å². The summed E-state index contributed by atoms with van der Waals surface area (Å²) in [6.45, 7) is 3.40. The SMILES string of the molecule is COC(=O)Oc1cn2ncnc(Nc3ccc(C)c([N+](=O)[O-])c3)c2c1C. The molecule has 0 bridgehead atoms. The second kappa shape index (κ2) is 6.67. The Labute approximate surface area is 147 Å². The fraction of sp³-hybridized carbons (Fsp3) is 0.188. The largest absolute Gasteiger partial charge is 0.513 e. The van der Waals surface area contributed by atoms with E-state index >= 15 is 0 Å². The summed E-state index contributed by atoms with van der Waals surface area (Å²) in [6.07, 6.45) is 1.99. The number of carbonyl (C=O) groups excluding carboxylic acids is 1. The normalized spacial score (nSPS) is 10.6. The van der Waals surface area contributed by atoms with Crippen LogP contribution in [0.25, 0.3) is 5.52 Å². The average molecular weight is 357 g/mol. The van der Waals surface area contributed by atoms with E-state index in [2.05, 4.69) is 20.1 Å². The number of nitrogens with one attached hydrogen (secondary N) is 1. The maximum atomic E-state index is 11.4. The van der Waals surface area contributed by atoms with E-state index in [9.17, 15) is 14.9 Å². The summed E-state index contributed by atoms with van der Waals surface area (Å²) < 4.78 is 11.1. The average Bonchev–Trinajstić information content (AvgIpc) is 2.93. The van der Waals surface area contributed by atoms with E-state index in [-0.39, 0.29) is 11.4 Å². The minimum absolute atomic E-state index is 0.00175. The summed E-state index contributed by atoms with van der Waals surface area (Å²) in [6, 6.07) is 4.79. The van der Waals surface area contributed by atoms with E-state index in [1.165, 1.54) is 30.2 Å². The predicted molar refractivity (Wildman–Crippen MR) is 91.9 cm³/mol. The van der Waals surface area contributed by atoms with Crippen molar-refractivity contribution in [3.8, 4) is 5.75 Å². The van der Waals surface area contributed by atoms with Gasteiger partial charge in [-0.05, 0) is 19.9 Å². The molecule has 0 fully saturated rings. The van der Waals surface area contributed by atoms with Crippen LogP contribution in [0.2, 0.25) is 0 Å². The van der Waals surface area contributed by atoms with Crippen LogP contribution in [0.15, 0.2) is 30.7 Å². The van der Waals surface area contributed by atoms with Gasteiger partial charge < -0.3 is 14.8 Å². The number of nitrogens with zero attached hydrogens (tertiary/aromatic N) is 4. The number of rotatable bonds is 4. The number of carbonyl (C=O) groups is 1. The molecular weight excluding hydrogens is 342 g/mol. The zero-order valence-corrected chi connectivity index (χ0v) is 14.2. The second-order valence-electron chi connectivity index (χ2n) is 5.46. The number of nitro benzene ring substituents is 1. The molecule has 2 heterocycles. The van der Waals surface area contributed by atoms with Gasteiger partial charge in [-0.2, -0.15) is 5.10 Å². The molecule has 2 aromatic heterocycles. The number of anilines is 2. The van der Waals surface area contributed by atoms with Gasteiger partial charge in [0.15, 0.2) is 11.6 Å². The Hall–Kier alpha value is -3.69. The molecule has 0 aliphatic carbocycles. The molecule has 0 amide bonds. The number of nitro groups is 1. The van der Waals surface area contributed by atoms with Gasteiger partial charge >= 0.3 is 6.16 Å². The van der Waals surface area contributed by atoms with Crippen molar-refractivity contribution >= 4 is 28.9 Å². The van der Waals surface area contributed by atoms with Gasteiger partial charge in [0.1, 0.15) is 11.8 Å². The molecule has 0 spiro atoms. The number of hydrogen-bond acceptors (Lipinski definition) is 8. The Morgan fingerprint density at radius 2 is 2.12 bits per heavy atom. The van der Waals surface area contributed by atoms with Crippen molar-refractivity contribution < 1.29 is 19.2 Å². The molecule has 0 saturated heterocycles. The van der Waals surface area contributed by atoms with Crippen LogP contribution in [0, 0.1) is 24.0 Å². The van der Waals surface area contributed by atoms with Crippen LogP contribution in [0.5, 0.6) is 5.75 Å². The van der Waals surface area contributed by atoms with Gasteiger partial charge in [-0.15, -0.1) is 0 Å². The third-order valence-electron chi connectivity index (χ3n) is 3.81. The van der Waals surface area contributed by atoms with E-state index < -0.39 is 11.1 Å². The first-order valence-electron chi connectivity index (χ1n) is 7.51. The molecule has 3 rings (SSSR count). The lowest BCUT2D eigenvalue weighted by Crippen LogP contribution is -2.07. The number of fused-ring (bicyclic) bond motifs is 1. The zero-order valence-electron chi connectivity index (χ0n) is 14.2. The third kappa shape index (κ3) is 3.11. The molecule has 1 aromatic carbocycles. The van der Waals surface area contributed by atoms with Crippen molar-refractivity contribution in [3.63, 3.8) is 0 Å². The van der Waals surface area contributed by atoms with E-state index in [1.54, 1.807) is 26.0 Å². The van der Waals surface area contributed by atoms with Gasteiger partial charge in [-0.1, -0.05) is 6.07 Å². The molecule has 10 heteroatoms. The Kier molecular flexibility index (Phi) is 4.40. The van der Waals surface area contributed by atoms with Crippen molar-refractivity contribution in [2.45, 2.75) is 13.8 Å². The van der Waals surface area contributed by atoms with E-state index in [1.807, 2.05) is 0 Å². The zero-order chi connectivity index (χ0) is 18.8. The molecule has 0 aliphatic heterocycles. The molecule has 0 atom stereocenters. The smallest absolute Gasteiger partial charge is 0.437 e. The summed E-state index contributed by atoms with van der Waals surface area (Å²) in [4.78, 5) is 26.2. The highest BCUT2D eigenvalue weighted by Crippen LogP contribution is 2.31. The summed E-state index contributed by atoms with van der Waals surface area (Å²) in [5, 5.41) is 18.2. The minimum atomic E-state index is -0.847. The first-order valence-corrected chi connectivity index (χ1v) is 7.51. The van der Waals surface area contributed by atoms with Crippen LogP contribution in [0.1, 0.15) is 11.1 Å². The number of benzene rings is 1. The quantitative estimate of drug-likeness (QED) is 0.429. The first kappa shape index (κ1) is 17.1. The standard InChI is InChI=1S/C16H15N5O5/c1-9-4-5-11(6-12(9)21(23)24)19-15-14-10(2)13(26-16(22)25-3)7-20(14)18-8-17-15/h4-8H,1-3H3,(H,17,18,19). The topological polar surface area (TPSA) is 121 Å². The lowest BCUT2D eigenvalue weighted by Gasteiger charge is -2.08. The van der Waals surface area contributed by atoms with E-state index in [0.29, 0.717) is 28.1 Å². The number of hydrogen-bond donors (Lipinski definition) is 1. The van der Waals surface area contributed by atoms with Crippen LogP contribution in [-0.4, -0.2) is 32.8 Å². The number of aryl methyl sites for hydroxylation is 2. The maximum Gasteiger partial charge on any atom is 0.513 e. The molecule has 0 unspecified atom stereocenters. The summed E-state index contributed by atoms with van der Waals surface area (Å²) in [5.41, 5.74) is 2.23. The Bertz CT molecular complexity index is 1010. The Morgan fingerprint density at radius 1 is 1.35 bits per heavy atom. The minimum Gasteiger partial charge on any atom is -0.437 e. The Balaban J connectivity index is 2.02. The van der Waals surface area contributed by atoms with Crippen LogP contribution >= 0.6 is 0 Å². The van der Waals surface area contributed by atoms with Crippen molar-refractivity contribution in [3.05, 3.63) is 52.0 Å². The molecule has 0 aliphatic rings. The summed E-state index contributed by atoms with van der Waals surface area (Å²) in [7, 11) is 1.21. The molecule has 0 radical (unpaired) electrons. The van der Waals surface area contributed by atoms with Gasteiger partial charge in [0, 0.05) is 22.9 Å². The molecule has 26 heavy (non-hydrogen) atoms. The van der Waals surface area contributed by atoms with Gasteiger partial charge in [-0.3, -0.25) is 10.1 Å². The highest BCUT2D eigenvalue weighted by molar-refractivity contribution is 5.80. The van der Waals surface area contributed by atoms with Gasteiger partial charge in [-0.25, -0.2) is 14.3 Å². The maximum absolute atomic E-state index is 11.4. The number of aromatic nitrogens is 3. The van der Waals surface area contributed by atoms with Crippen LogP contribution < -0.4 is 10.1 Å². The monoisotopic (exact) mass is 357 g/mol. The van der Waals surface area contributed by atoms with Crippen molar-refractivity contribution in [1.29, 1.82) is 0 Å². The van der Waals surface area contributed by atoms with Crippen LogP contribution in [0.4, 0.5) is 22.0 Å². The molecule has 134 valence electrons. The lowest BCUT2D eigenvalue weighted by atomic mass is 10.2. The molecule has 1 N–H and O–H groups in total. The Morgan fingerprint density at radius 3 is 2.81 bits per heavy atom. The van der Waals surface area contributed by atoms with Crippen LogP contribution in [-0.2, 0) is 4.74 Å². The fourth-order valence-corrected chi connectivity index (χ4v) is 2.48. The molecular formula is C16H15N5O5. The van der Waals surface area contributed by atoms with Gasteiger partial charge in [0.05, 0.1) is 18.2 Å². The highest BCUT2D eigenvalue weighted by atomic mass is 16.7. The third-order valence-corrected chi connectivity index (χ3v) is 3.81. The van der Waals surface area contributed by atoms with Gasteiger partial charge in [0.2, 0.25) is 0 Å². The predicted octanol–water partition coefficient (Wildman–Crippen LogP) is 3.14. The van der Waals surface area contributed by atoms with E-state index in [4.69, 9.17) is 4.74 Å². The first-order chi connectivity index (χ1) is 12.4. The van der Waals surface area contributed by atoms with E-state index in [0.717, 1.165) is 0 Å². The summed E-state index contributed by atoms with van der Waals surface area (Å²) in [5.74, 6) is 0.686. The van der Waals surface area contributed by atoms with Crippen molar-refractivity contribution in [2.75, 3.05) is 12.4 Å². The number of ether oxygens (including phenoxy) is 2. The second-order valence-corrected chi connectivity index (χ2v) is 5.46. The number of methoxy groups -OCH3 is 1.